The van der Waals surface area contributed by atoms with Gasteiger partial charge in [0.25, 0.3) is 0 Å². The highest BCUT2D eigenvalue weighted by Gasteiger charge is 2.89. The molecule has 13 atom stereocenters. The van der Waals surface area contributed by atoms with Gasteiger partial charge in [-0.15, -0.1) is 0 Å². The molecule has 0 aliphatic heterocycles. The fourth-order valence-corrected chi connectivity index (χ4v) is 9.15. The molecular weight excluding hydrogens is 544 g/mol. The van der Waals surface area contributed by atoms with E-state index in [1.165, 1.54) is 13.0 Å². The van der Waals surface area contributed by atoms with E-state index in [4.69, 9.17) is 9.47 Å². The van der Waals surface area contributed by atoms with Crippen LogP contribution in [-0.2, 0) is 23.9 Å². The lowest BCUT2D eigenvalue weighted by atomic mass is 9.48. The molecule has 3 fully saturated rings. The molecule has 0 bridgehead atoms. The Morgan fingerprint density at radius 3 is 2.12 bits per heavy atom. The van der Waals surface area contributed by atoms with E-state index >= 15 is 0 Å². The summed E-state index contributed by atoms with van der Waals surface area (Å²) >= 11 is 0. The molecule has 0 heterocycles. The first kappa shape index (κ1) is 33.1. The number of ether oxygens (including phenoxy) is 2. The summed E-state index contributed by atoms with van der Waals surface area (Å²) in [7, 11) is 0. The number of esters is 2. The second-order valence-electron chi connectivity index (χ2n) is 13.6. The van der Waals surface area contributed by atoms with Crippen LogP contribution in [0.4, 0.5) is 0 Å². The third kappa shape index (κ3) is 3.84. The molecule has 3 saturated carbocycles. The minimum atomic E-state index is -2.64. The number of aliphatic hydroxyl groups excluding tert-OH is 2. The standard InChI is InChI=1S/C32H50O10/c1-9-16(5)25(35)41-24-19(8)32(40)21-13-18(7)23(34)31(21,39)27(37)29(38,15-33)22-14-28(22,32)20(11-3)30(24,12-4)42-26(36)17(6)10-2/h13,16-17,19-22,24,27,33,37-40H,9-12,14-15H2,1-8H3. The zero-order valence-corrected chi connectivity index (χ0v) is 26.2. The van der Waals surface area contributed by atoms with Gasteiger partial charge in [-0.1, -0.05) is 54.5 Å². The highest BCUT2D eigenvalue weighted by Crippen LogP contribution is 2.80. The fourth-order valence-electron chi connectivity index (χ4n) is 9.15. The van der Waals surface area contributed by atoms with Gasteiger partial charge in [0.1, 0.15) is 17.8 Å². The molecule has 0 radical (unpaired) electrons. The molecule has 0 amide bonds. The Kier molecular flexibility index (Phi) is 8.38. The van der Waals surface area contributed by atoms with Crippen LogP contribution in [0.25, 0.3) is 0 Å². The second kappa shape index (κ2) is 10.6. The summed E-state index contributed by atoms with van der Waals surface area (Å²) < 4.78 is 12.7. The first-order valence-corrected chi connectivity index (χ1v) is 15.6. The summed E-state index contributed by atoms with van der Waals surface area (Å²) in [5.41, 5.74) is -9.66. The monoisotopic (exact) mass is 594 g/mol. The van der Waals surface area contributed by atoms with Crippen molar-refractivity contribution in [3.8, 4) is 0 Å². The molecule has 0 aromatic heterocycles. The normalized spacial score (nSPS) is 47.3. The van der Waals surface area contributed by atoms with Gasteiger partial charge in [-0.3, -0.25) is 14.4 Å². The molecule has 10 nitrogen and oxygen atoms in total. The minimum Gasteiger partial charge on any atom is -0.457 e. The topological polar surface area (TPSA) is 171 Å². The lowest BCUT2D eigenvalue weighted by molar-refractivity contribution is -0.295. The van der Waals surface area contributed by atoms with E-state index in [1.807, 2.05) is 27.7 Å². The molecule has 0 aromatic rings. The molecular formula is C32H50O10. The van der Waals surface area contributed by atoms with Gasteiger partial charge >= 0.3 is 11.9 Å². The zero-order chi connectivity index (χ0) is 31.8. The van der Waals surface area contributed by atoms with Crippen molar-refractivity contribution < 1.29 is 49.4 Å². The largest absolute Gasteiger partial charge is 0.457 e. The number of Topliss-reactive ketones (excluding diaryl/α,β-unsaturated/α-hetero) is 1. The van der Waals surface area contributed by atoms with Crippen molar-refractivity contribution in [1.29, 1.82) is 0 Å². The Balaban J connectivity index is 2.05. The first-order valence-electron chi connectivity index (χ1n) is 15.6. The van der Waals surface area contributed by atoms with Crippen LogP contribution in [0.2, 0.25) is 0 Å². The van der Waals surface area contributed by atoms with Gasteiger partial charge in [0.15, 0.2) is 17.0 Å². The molecule has 42 heavy (non-hydrogen) atoms. The van der Waals surface area contributed by atoms with Crippen molar-refractivity contribution in [2.24, 2.45) is 40.9 Å². The van der Waals surface area contributed by atoms with E-state index < -0.39 is 99.9 Å². The Labute approximate surface area is 248 Å². The van der Waals surface area contributed by atoms with Crippen LogP contribution >= 0.6 is 0 Å². The van der Waals surface area contributed by atoms with Gasteiger partial charge < -0.3 is 35.0 Å². The van der Waals surface area contributed by atoms with Gasteiger partial charge in [0, 0.05) is 29.1 Å². The Morgan fingerprint density at radius 2 is 1.62 bits per heavy atom. The maximum absolute atomic E-state index is 13.5. The summed E-state index contributed by atoms with van der Waals surface area (Å²) in [5.74, 6) is -6.93. The average molecular weight is 595 g/mol. The molecule has 0 saturated heterocycles. The van der Waals surface area contributed by atoms with E-state index in [2.05, 4.69) is 0 Å². The highest BCUT2D eigenvalue weighted by molar-refractivity contribution is 6.05. The maximum Gasteiger partial charge on any atom is 0.309 e. The van der Waals surface area contributed by atoms with Gasteiger partial charge in [-0.05, 0) is 44.6 Å². The molecule has 0 aromatic carbocycles. The van der Waals surface area contributed by atoms with Crippen molar-refractivity contribution in [3.05, 3.63) is 11.6 Å². The summed E-state index contributed by atoms with van der Waals surface area (Å²) in [4.78, 5) is 40.4. The third-order valence-electron chi connectivity index (χ3n) is 11.9. The van der Waals surface area contributed by atoms with Crippen LogP contribution in [0.1, 0.15) is 87.5 Å². The molecule has 10 heteroatoms. The smallest absolute Gasteiger partial charge is 0.309 e. The SMILES string of the molecule is CCC(C)C(=O)OC1C(C)C2(O)C3C=C(C)C(=O)C3(O)C(O)C(O)(CO)C3CC32C(CC)C1(CC)OC(=O)C(C)CC. The Hall–Kier alpha value is -1.85. The predicted octanol–water partition coefficient (Wildman–Crippen LogP) is 2.07. The van der Waals surface area contributed by atoms with Crippen molar-refractivity contribution in [1.82, 2.24) is 0 Å². The molecule has 4 aliphatic carbocycles. The van der Waals surface area contributed by atoms with Crippen LogP contribution < -0.4 is 0 Å². The third-order valence-corrected chi connectivity index (χ3v) is 11.9. The van der Waals surface area contributed by atoms with Crippen LogP contribution in [0, 0.1) is 40.9 Å². The van der Waals surface area contributed by atoms with Gasteiger partial charge in [0.05, 0.1) is 24.0 Å². The second-order valence-corrected chi connectivity index (χ2v) is 13.6. The van der Waals surface area contributed by atoms with E-state index in [0.717, 1.165) is 0 Å². The number of carbonyl (C=O) groups excluding carboxylic acids is 3. The van der Waals surface area contributed by atoms with E-state index in [9.17, 15) is 39.9 Å². The number of carbonyl (C=O) groups is 3. The molecule has 238 valence electrons. The number of aliphatic hydroxyl groups is 5. The molecule has 13 unspecified atom stereocenters. The summed E-state index contributed by atoms with van der Waals surface area (Å²) in [6, 6.07) is 0. The number of ketones is 1. The van der Waals surface area contributed by atoms with Gasteiger partial charge in [-0.2, -0.15) is 0 Å². The van der Waals surface area contributed by atoms with E-state index in [-0.39, 0.29) is 18.4 Å². The van der Waals surface area contributed by atoms with E-state index in [0.29, 0.717) is 19.3 Å². The predicted molar refractivity (Wildman–Crippen MR) is 152 cm³/mol. The van der Waals surface area contributed by atoms with Crippen molar-refractivity contribution in [2.45, 2.75) is 122 Å². The lowest BCUT2D eigenvalue weighted by Crippen LogP contribution is -2.75. The maximum atomic E-state index is 13.5. The number of hydrogen-bond donors (Lipinski definition) is 5. The molecule has 4 aliphatic rings. The minimum absolute atomic E-state index is 0.105. The Bertz CT molecular complexity index is 1150. The number of hydrogen-bond acceptors (Lipinski definition) is 10. The van der Waals surface area contributed by atoms with Crippen LogP contribution in [-0.4, -0.2) is 84.5 Å². The molecule has 1 spiro atoms. The lowest BCUT2D eigenvalue weighted by Gasteiger charge is -2.63. The summed E-state index contributed by atoms with van der Waals surface area (Å²) in [6.45, 7) is 13.0. The van der Waals surface area contributed by atoms with Gasteiger partial charge in [0.2, 0.25) is 0 Å². The fraction of sp³-hybridized carbons (Fsp3) is 0.844. The van der Waals surface area contributed by atoms with E-state index in [1.54, 1.807) is 20.8 Å². The quantitative estimate of drug-likeness (QED) is 0.249. The molecule has 5 N–H and O–H groups in total. The molecule has 4 rings (SSSR count). The average Bonchev–Trinajstić information content (AvgIpc) is 3.70. The van der Waals surface area contributed by atoms with Crippen molar-refractivity contribution in [3.63, 3.8) is 0 Å². The zero-order valence-electron chi connectivity index (χ0n) is 26.2. The first-order chi connectivity index (χ1) is 19.5. The van der Waals surface area contributed by atoms with Crippen molar-refractivity contribution in [2.75, 3.05) is 6.61 Å². The highest BCUT2D eigenvalue weighted by atomic mass is 16.6. The Morgan fingerprint density at radius 1 is 1.05 bits per heavy atom. The number of rotatable bonds is 9. The van der Waals surface area contributed by atoms with Crippen LogP contribution in [0.5, 0.6) is 0 Å². The van der Waals surface area contributed by atoms with Crippen LogP contribution in [0.3, 0.4) is 0 Å². The van der Waals surface area contributed by atoms with Crippen LogP contribution in [0.15, 0.2) is 11.6 Å². The number of fused-ring (bicyclic) bond motifs is 2. The van der Waals surface area contributed by atoms with Crippen molar-refractivity contribution >= 4 is 17.7 Å². The summed E-state index contributed by atoms with van der Waals surface area (Å²) in [6.07, 6.45) is -0.205. The van der Waals surface area contributed by atoms with Gasteiger partial charge in [-0.25, -0.2) is 0 Å². The summed E-state index contributed by atoms with van der Waals surface area (Å²) in [5, 5.41) is 59.2.